The van der Waals surface area contributed by atoms with Crippen molar-refractivity contribution in [1.82, 2.24) is 0 Å². The summed E-state index contributed by atoms with van der Waals surface area (Å²) in [6.07, 6.45) is 4.37. The van der Waals surface area contributed by atoms with Crippen molar-refractivity contribution in [1.29, 1.82) is 0 Å². The summed E-state index contributed by atoms with van der Waals surface area (Å²) >= 11 is 0. The maximum atomic E-state index is 13.2. The highest BCUT2D eigenvalue weighted by Crippen LogP contribution is 2.34. The highest BCUT2D eigenvalue weighted by molar-refractivity contribution is 4.81. The number of rotatable bonds is 3. The van der Waals surface area contributed by atoms with Gasteiger partial charge in [0.25, 0.3) is 0 Å². The van der Waals surface area contributed by atoms with Crippen LogP contribution in [0.15, 0.2) is 0 Å². The van der Waals surface area contributed by atoms with Crippen LogP contribution in [0.25, 0.3) is 0 Å². The predicted molar refractivity (Wildman–Crippen MR) is 40.5 cm³/mol. The van der Waals surface area contributed by atoms with Gasteiger partial charge in [0, 0.05) is 6.54 Å². The van der Waals surface area contributed by atoms with E-state index in [0.717, 1.165) is 0 Å². The van der Waals surface area contributed by atoms with Gasteiger partial charge in [-0.15, -0.1) is 0 Å². The molecule has 1 aliphatic rings. The van der Waals surface area contributed by atoms with Gasteiger partial charge in [-0.05, 0) is 19.3 Å². The summed E-state index contributed by atoms with van der Waals surface area (Å²) < 4.78 is 13.2. The van der Waals surface area contributed by atoms with Gasteiger partial charge >= 0.3 is 0 Å². The van der Waals surface area contributed by atoms with Crippen LogP contribution in [0, 0.1) is 5.92 Å². The first-order valence-corrected chi connectivity index (χ1v) is 4.03. The maximum Gasteiger partial charge on any atom is 0.120 e. The molecule has 0 saturated heterocycles. The lowest BCUT2D eigenvalue weighted by atomic mass is 9.78. The number of halogens is 1. The van der Waals surface area contributed by atoms with Crippen molar-refractivity contribution in [2.75, 3.05) is 6.54 Å². The first-order chi connectivity index (χ1) is 4.64. The van der Waals surface area contributed by atoms with Crippen LogP contribution in [0.3, 0.4) is 0 Å². The molecule has 1 unspecified atom stereocenters. The Kier molecular flexibility index (Phi) is 2.29. The lowest BCUT2D eigenvalue weighted by Crippen LogP contribution is -2.33. The summed E-state index contributed by atoms with van der Waals surface area (Å²) in [7, 11) is 0. The number of hydrogen-bond donors (Lipinski definition) is 1. The molecule has 0 heterocycles. The summed E-state index contributed by atoms with van der Waals surface area (Å²) in [5, 5.41) is 0. The van der Waals surface area contributed by atoms with E-state index in [0.29, 0.717) is 12.3 Å². The van der Waals surface area contributed by atoms with Crippen molar-refractivity contribution in [3.05, 3.63) is 0 Å². The van der Waals surface area contributed by atoms with E-state index in [4.69, 9.17) is 5.73 Å². The van der Waals surface area contributed by atoms with Crippen LogP contribution < -0.4 is 5.73 Å². The van der Waals surface area contributed by atoms with Gasteiger partial charge in [0.15, 0.2) is 0 Å². The van der Waals surface area contributed by atoms with Crippen LogP contribution in [-0.4, -0.2) is 12.2 Å². The minimum Gasteiger partial charge on any atom is -0.328 e. The van der Waals surface area contributed by atoms with Crippen LogP contribution in [0.4, 0.5) is 4.39 Å². The lowest BCUT2D eigenvalue weighted by Gasteiger charge is -2.30. The summed E-state index contributed by atoms with van der Waals surface area (Å²) in [6.45, 7) is 1.77. The first kappa shape index (κ1) is 7.99. The van der Waals surface area contributed by atoms with Crippen LogP contribution in [0.2, 0.25) is 0 Å². The van der Waals surface area contributed by atoms with Crippen LogP contribution in [-0.2, 0) is 0 Å². The zero-order valence-corrected chi connectivity index (χ0v) is 6.57. The van der Waals surface area contributed by atoms with Gasteiger partial charge in [-0.1, -0.05) is 19.3 Å². The molecule has 0 aromatic heterocycles. The molecule has 0 aliphatic heterocycles. The van der Waals surface area contributed by atoms with Crippen LogP contribution in [0.1, 0.15) is 32.6 Å². The fourth-order valence-electron chi connectivity index (χ4n) is 1.38. The highest BCUT2D eigenvalue weighted by atomic mass is 19.1. The van der Waals surface area contributed by atoms with Gasteiger partial charge in [-0.25, -0.2) is 4.39 Å². The quantitative estimate of drug-likeness (QED) is 0.644. The minimum absolute atomic E-state index is 0.170. The summed E-state index contributed by atoms with van der Waals surface area (Å²) in [5.74, 6) is 0.624. The largest absolute Gasteiger partial charge is 0.328 e. The van der Waals surface area contributed by atoms with E-state index in [1.54, 1.807) is 6.92 Å². The van der Waals surface area contributed by atoms with Crippen LogP contribution >= 0.6 is 0 Å². The third-order valence-electron chi connectivity index (χ3n) is 2.36. The van der Waals surface area contributed by atoms with Gasteiger partial charge in [0.2, 0.25) is 0 Å². The average Bonchev–Trinajstić information content (AvgIpc) is 1.80. The molecule has 0 aromatic carbocycles. The van der Waals surface area contributed by atoms with E-state index in [-0.39, 0.29) is 6.54 Å². The Morgan fingerprint density at radius 3 is 2.50 bits per heavy atom. The number of alkyl halides is 1. The normalized spacial score (nSPS) is 25.5. The Labute approximate surface area is 61.8 Å². The monoisotopic (exact) mass is 145 g/mol. The molecule has 2 heteroatoms. The van der Waals surface area contributed by atoms with Gasteiger partial charge in [0.05, 0.1) is 0 Å². The molecule has 0 radical (unpaired) electrons. The van der Waals surface area contributed by atoms with E-state index in [1.165, 1.54) is 19.3 Å². The van der Waals surface area contributed by atoms with Crippen molar-refractivity contribution in [3.8, 4) is 0 Å². The third kappa shape index (κ3) is 1.94. The molecule has 0 amide bonds. The van der Waals surface area contributed by atoms with Crippen molar-refractivity contribution in [3.63, 3.8) is 0 Å². The summed E-state index contributed by atoms with van der Waals surface area (Å²) in [4.78, 5) is 0. The molecular formula is C8H16FN. The summed E-state index contributed by atoms with van der Waals surface area (Å²) in [6, 6.07) is 0. The van der Waals surface area contributed by atoms with Gasteiger partial charge < -0.3 is 5.73 Å². The van der Waals surface area contributed by atoms with E-state index in [1.807, 2.05) is 0 Å². The van der Waals surface area contributed by atoms with Gasteiger partial charge in [-0.2, -0.15) is 0 Å². The maximum absolute atomic E-state index is 13.2. The molecule has 0 spiro atoms. The molecule has 10 heavy (non-hydrogen) atoms. The molecule has 60 valence electrons. The van der Waals surface area contributed by atoms with E-state index >= 15 is 0 Å². The second-order valence-electron chi connectivity index (χ2n) is 3.62. The Morgan fingerprint density at radius 1 is 1.60 bits per heavy atom. The Morgan fingerprint density at radius 2 is 2.20 bits per heavy atom. The topological polar surface area (TPSA) is 26.0 Å². The highest BCUT2D eigenvalue weighted by Gasteiger charge is 2.29. The molecule has 1 atom stereocenters. The third-order valence-corrected chi connectivity index (χ3v) is 2.36. The van der Waals surface area contributed by atoms with Crippen LogP contribution in [0.5, 0.6) is 0 Å². The molecule has 1 rings (SSSR count). The lowest BCUT2D eigenvalue weighted by molar-refractivity contribution is 0.122. The zero-order chi connectivity index (χ0) is 7.61. The molecule has 1 aliphatic carbocycles. The minimum atomic E-state index is -1.11. The van der Waals surface area contributed by atoms with Crippen molar-refractivity contribution in [2.24, 2.45) is 11.7 Å². The molecule has 1 fully saturated rings. The molecule has 1 nitrogen and oxygen atoms in total. The second kappa shape index (κ2) is 2.87. The standard InChI is InChI=1S/C8H16FN/c1-8(9,6-10)5-7-3-2-4-7/h7H,2-6,10H2,1H3. The molecule has 2 N–H and O–H groups in total. The van der Waals surface area contributed by atoms with Crippen molar-refractivity contribution >= 4 is 0 Å². The second-order valence-corrected chi connectivity index (χ2v) is 3.62. The molecule has 1 saturated carbocycles. The summed E-state index contributed by atoms with van der Waals surface area (Å²) in [5.41, 5.74) is 4.15. The fourth-order valence-corrected chi connectivity index (χ4v) is 1.38. The van der Waals surface area contributed by atoms with Gasteiger partial charge in [0.1, 0.15) is 5.67 Å². The van der Waals surface area contributed by atoms with Crippen molar-refractivity contribution < 1.29 is 4.39 Å². The van der Waals surface area contributed by atoms with E-state index < -0.39 is 5.67 Å². The number of hydrogen-bond acceptors (Lipinski definition) is 1. The molecule has 0 aromatic rings. The SMILES string of the molecule is CC(F)(CN)CC1CCC1. The Hall–Kier alpha value is -0.110. The predicted octanol–water partition coefficient (Wildman–Crippen LogP) is 1.86. The first-order valence-electron chi connectivity index (χ1n) is 4.03. The molecular weight excluding hydrogens is 129 g/mol. The molecule has 0 bridgehead atoms. The average molecular weight is 145 g/mol. The van der Waals surface area contributed by atoms with Gasteiger partial charge in [-0.3, -0.25) is 0 Å². The Bertz CT molecular complexity index is 108. The fraction of sp³-hybridized carbons (Fsp3) is 1.00. The van der Waals surface area contributed by atoms with E-state index in [2.05, 4.69) is 0 Å². The number of nitrogens with two attached hydrogens (primary N) is 1. The van der Waals surface area contributed by atoms with Crippen molar-refractivity contribution in [2.45, 2.75) is 38.3 Å². The Balaban J connectivity index is 2.21. The zero-order valence-electron chi connectivity index (χ0n) is 6.57. The smallest absolute Gasteiger partial charge is 0.120 e. The van der Waals surface area contributed by atoms with E-state index in [9.17, 15) is 4.39 Å².